The van der Waals surface area contributed by atoms with E-state index < -0.39 is 5.82 Å². The monoisotopic (exact) mass is 310 g/mol. The van der Waals surface area contributed by atoms with Crippen molar-refractivity contribution in [3.05, 3.63) is 29.0 Å². The van der Waals surface area contributed by atoms with Crippen LogP contribution in [0.1, 0.15) is 13.8 Å². The Kier molecular flexibility index (Phi) is 4.74. The summed E-state index contributed by atoms with van der Waals surface area (Å²) in [7, 11) is 0. The molecular formula is C13H16ClFN6. The molecule has 21 heavy (non-hydrogen) atoms. The zero-order valence-corrected chi connectivity index (χ0v) is 12.5. The first kappa shape index (κ1) is 15.2. The molecule has 112 valence electrons. The summed E-state index contributed by atoms with van der Waals surface area (Å²) in [6.07, 6.45) is 0. The first-order valence-corrected chi connectivity index (χ1v) is 6.89. The maximum atomic E-state index is 13.7. The summed E-state index contributed by atoms with van der Waals surface area (Å²) >= 11 is 5.85. The average Bonchev–Trinajstić information content (AvgIpc) is 2.44. The Hall–Kier alpha value is -2.15. The SMILES string of the molecule is CCN(CC)c1nc(N)nc(Nc2cc(Cl)ccc2F)n1. The maximum Gasteiger partial charge on any atom is 0.233 e. The smallest absolute Gasteiger partial charge is 0.233 e. The molecule has 0 saturated heterocycles. The number of nitrogens with two attached hydrogens (primary N) is 1. The van der Waals surface area contributed by atoms with Crippen LogP contribution in [0.15, 0.2) is 18.2 Å². The van der Waals surface area contributed by atoms with Gasteiger partial charge >= 0.3 is 0 Å². The fraction of sp³-hybridized carbons (Fsp3) is 0.308. The quantitative estimate of drug-likeness (QED) is 0.884. The fourth-order valence-corrected chi connectivity index (χ4v) is 1.97. The van der Waals surface area contributed by atoms with Crippen LogP contribution in [0.4, 0.5) is 27.9 Å². The molecule has 0 atom stereocenters. The standard InChI is InChI=1S/C13H16ClFN6/c1-3-21(4-2)13-19-11(16)18-12(20-13)17-10-7-8(14)5-6-9(10)15/h5-7H,3-4H2,1-2H3,(H3,16,17,18,19,20). The third-order valence-electron chi connectivity index (χ3n) is 2.86. The molecule has 2 rings (SSSR count). The number of anilines is 4. The molecule has 0 unspecified atom stereocenters. The van der Waals surface area contributed by atoms with E-state index in [-0.39, 0.29) is 17.6 Å². The van der Waals surface area contributed by atoms with Crippen LogP contribution >= 0.6 is 11.6 Å². The fourth-order valence-electron chi connectivity index (χ4n) is 1.80. The summed E-state index contributed by atoms with van der Waals surface area (Å²) in [5, 5.41) is 3.18. The molecular weight excluding hydrogens is 295 g/mol. The second-order valence-corrected chi connectivity index (χ2v) is 4.68. The molecule has 8 heteroatoms. The van der Waals surface area contributed by atoms with Gasteiger partial charge in [-0.25, -0.2) is 4.39 Å². The largest absolute Gasteiger partial charge is 0.368 e. The molecule has 2 aromatic rings. The highest BCUT2D eigenvalue weighted by atomic mass is 35.5. The Morgan fingerprint density at radius 3 is 2.62 bits per heavy atom. The van der Waals surface area contributed by atoms with Crippen LogP contribution in [0.5, 0.6) is 0 Å². The van der Waals surface area contributed by atoms with E-state index in [4.69, 9.17) is 17.3 Å². The van der Waals surface area contributed by atoms with Gasteiger partial charge in [-0.1, -0.05) is 11.6 Å². The normalized spacial score (nSPS) is 10.5. The van der Waals surface area contributed by atoms with Gasteiger partial charge in [0.15, 0.2) is 0 Å². The molecule has 6 nitrogen and oxygen atoms in total. The van der Waals surface area contributed by atoms with Gasteiger partial charge in [-0.3, -0.25) is 0 Å². The summed E-state index contributed by atoms with van der Waals surface area (Å²) in [6.45, 7) is 5.41. The van der Waals surface area contributed by atoms with E-state index in [1.165, 1.54) is 18.2 Å². The van der Waals surface area contributed by atoms with Gasteiger partial charge in [0.1, 0.15) is 5.82 Å². The first-order chi connectivity index (χ1) is 10.0. The Morgan fingerprint density at radius 1 is 1.24 bits per heavy atom. The topological polar surface area (TPSA) is 80.0 Å². The highest BCUT2D eigenvalue weighted by Crippen LogP contribution is 2.23. The molecule has 3 N–H and O–H groups in total. The lowest BCUT2D eigenvalue weighted by Gasteiger charge is -2.19. The molecule has 0 amide bonds. The zero-order valence-electron chi connectivity index (χ0n) is 11.8. The molecule has 0 aliphatic heterocycles. The van der Waals surface area contributed by atoms with Crippen LogP contribution < -0.4 is 16.0 Å². The van der Waals surface area contributed by atoms with Gasteiger partial charge < -0.3 is 16.0 Å². The number of hydrogen-bond donors (Lipinski definition) is 2. The van der Waals surface area contributed by atoms with Gasteiger partial charge in [0.2, 0.25) is 17.8 Å². The van der Waals surface area contributed by atoms with Crippen molar-refractivity contribution < 1.29 is 4.39 Å². The van der Waals surface area contributed by atoms with Gasteiger partial charge in [-0.15, -0.1) is 0 Å². The van der Waals surface area contributed by atoms with Crippen molar-refractivity contribution in [3.63, 3.8) is 0 Å². The summed E-state index contributed by atoms with van der Waals surface area (Å²) in [4.78, 5) is 14.2. The molecule has 0 saturated carbocycles. The van der Waals surface area contributed by atoms with Crippen molar-refractivity contribution in [1.29, 1.82) is 0 Å². The van der Waals surface area contributed by atoms with E-state index in [2.05, 4.69) is 20.3 Å². The van der Waals surface area contributed by atoms with E-state index in [1.54, 1.807) is 0 Å². The van der Waals surface area contributed by atoms with Crippen LogP contribution in [0, 0.1) is 5.82 Å². The van der Waals surface area contributed by atoms with Gasteiger partial charge in [0.25, 0.3) is 0 Å². The Labute approximate surface area is 127 Å². The number of nitrogens with zero attached hydrogens (tertiary/aromatic N) is 4. The highest BCUT2D eigenvalue weighted by molar-refractivity contribution is 6.30. The summed E-state index contributed by atoms with van der Waals surface area (Å²) in [5.41, 5.74) is 5.86. The van der Waals surface area contributed by atoms with E-state index in [0.29, 0.717) is 11.0 Å². The van der Waals surface area contributed by atoms with Gasteiger partial charge in [0.05, 0.1) is 5.69 Å². The molecule has 0 spiro atoms. The maximum absolute atomic E-state index is 13.7. The second-order valence-electron chi connectivity index (χ2n) is 4.24. The first-order valence-electron chi connectivity index (χ1n) is 6.52. The third kappa shape index (κ3) is 3.69. The van der Waals surface area contributed by atoms with Gasteiger partial charge in [-0.05, 0) is 32.0 Å². The lowest BCUT2D eigenvalue weighted by molar-refractivity contribution is 0.631. The molecule has 0 radical (unpaired) electrons. The predicted octanol–water partition coefficient (Wildman–Crippen LogP) is 2.84. The van der Waals surface area contributed by atoms with Crippen molar-refractivity contribution in [1.82, 2.24) is 15.0 Å². The van der Waals surface area contributed by atoms with Gasteiger partial charge in [-0.2, -0.15) is 15.0 Å². The zero-order chi connectivity index (χ0) is 15.4. The lowest BCUT2D eigenvalue weighted by Crippen LogP contribution is -2.25. The van der Waals surface area contributed by atoms with Crippen molar-refractivity contribution in [2.45, 2.75) is 13.8 Å². The molecule has 1 heterocycles. The number of hydrogen-bond acceptors (Lipinski definition) is 6. The van der Waals surface area contributed by atoms with Crippen LogP contribution in [-0.2, 0) is 0 Å². The van der Waals surface area contributed by atoms with E-state index in [1.807, 2.05) is 18.7 Å². The Bertz CT molecular complexity index is 632. The highest BCUT2D eigenvalue weighted by Gasteiger charge is 2.11. The third-order valence-corrected chi connectivity index (χ3v) is 3.10. The van der Waals surface area contributed by atoms with Gasteiger partial charge in [0, 0.05) is 18.1 Å². The van der Waals surface area contributed by atoms with Crippen LogP contribution in [-0.4, -0.2) is 28.0 Å². The minimum Gasteiger partial charge on any atom is -0.368 e. The van der Waals surface area contributed by atoms with E-state index in [9.17, 15) is 4.39 Å². The van der Waals surface area contributed by atoms with Crippen LogP contribution in [0.2, 0.25) is 5.02 Å². The summed E-state index contributed by atoms with van der Waals surface area (Å²) in [5.74, 6) is 0.225. The minimum atomic E-state index is -0.456. The molecule has 0 bridgehead atoms. The van der Waals surface area contributed by atoms with Crippen LogP contribution in [0.3, 0.4) is 0 Å². The van der Waals surface area contributed by atoms with Crippen LogP contribution in [0.25, 0.3) is 0 Å². The Balaban J connectivity index is 2.34. The molecule has 0 aliphatic carbocycles. The van der Waals surface area contributed by atoms with E-state index in [0.717, 1.165) is 13.1 Å². The number of rotatable bonds is 5. The van der Waals surface area contributed by atoms with Crippen molar-refractivity contribution in [2.24, 2.45) is 0 Å². The summed E-state index contributed by atoms with van der Waals surface area (Å²) < 4.78 is 13.7. The summed E-state index contributed by atoms with van der Waals surface area (Å²) in [6, 6.07) is 4.18. The number of nitrogen functional groups attached to an aromatic ring is 1. The number of halogens is 2. The van der Waals surface area contributed by atoms with Crippen molar-refractivity contribution in [3.8, 4) is 0 Å². The molecule has 0 aliphatic rings. The minimum absolute atomic E-state index is 0.0665. The second kappa shape index (κ2) is 6.53. The van der Waals surface area contributed by atoms with Crippen molar-refractivity contribution in [2.75, 3.05) is 29.0 Å². The Morgan fingerprint density at radius 2 is 1.95 bits per heavy atom. The van der Waals surface area contributed by atoms with E-state index >= 15 is 0 Å². The number of nitrogens with one attached hydrogen (secondary N) is 1. The lowest BCUT2D eigenvalue weighted by atomic mass is 10.3. The average molecular weight is 311 g/mol. The molecule has 0 fully saturated rings. The number of benzene rings is 1. The molecule has 1 aromatic heterocycles. The predicted molar refractivity (Wildman–Crippen MR) is 82.5 cm³/mol. The number of aromatic nitrogens is 3. The van der Waals surface area contributed by atoms with Crippen molar-refractivity contribution >= 4 is 35.1 Å². The molecule has 1 aromatic carbocycles.